The summed E-state index contributed by atoms with van der Waals surface area (Å²) >= 11 is 0. The van der Waals surface area contributed by atoms with Gasteiger partial charge in [0.25, 0.3) is 0 Å². The molecular weight excluding hydrogens is 453 g/mol. The molecule has 0 amide bonds. The number of anilines is 1. The quantitative estimate of drug-likeness (QED) is 0.276. The molecule has 146 valence electrons. The number of ether oxygens (including phenoxy) is 1. The monoisotopic (exact) mass is 481 g/mol. The van der Waals surface area contributed by atoms with Crippen LogP contribution in [0, 0.1) is 0 Å². The van der Waals surface area contributed by atoms with Crippen LogP contribution in [0.15, 0.2) is 59.9 Å². The van der Waals surface area contributed by atoms with Gasteiger partial charge >= 0.3 is 0 Å². The zero-order valence-electron chi connectivity index (χ0n) is 15.7. The van der Waals surface area contributed by atoms with E-state index in [2.05, 4.69) is 62.8 Å². The minimum Gasteiger partial charge on any atom is -0.490 e. The number of nitrogens with zero attached hydrogens (tertiary/aromatic N) is 3. The summed E-state index contributed by atoms with van der Waals surface area (Å²) in [7, 11) is 0. The van der Waals surface area contributed by atoms with Gasteiger partial charge in [-0.15, -0.1) is 24.0 Å². The van der Waals surface area contributed by atoms with Crippen LogP contribution in [0.1, 0.15) is 13.3 Å². The Bertz CT molecular complexity index is 683. The van der Waals surface area contributed by atoms with E-state index in [1.165, 1.54) is 5.69 Å². The molecule has 2 N–H and O–H groups in total. The van der Waals surface area contributed by atoms with Gasteiger partial charge in [-0.2, -0.15) is 0 Å². The van der Waals surface area contributed by atoms with Gasteiger partial charge < -0.3 is 20.3 Å². The van der Waals surface area contributed by atoms with Crippen LogP contribution in [0.25, 0.3) is 0 Å². The van der Waals surface area contributed by atoms with E-state index in [9.17, 15) is 0 Å². The minimum absolute atomic E-state index is 0. The summed E-state index contributed by atoms with van der Waals surface area (Å²) in [6.07, 6.45) is 4.55. The molecule has 1 fully saturated rings. The van der Waals surface area contributed by atoms with Crippen molar-refractivity contribution in [2.45, 2.75) is 19.4 Å². The number of guanidine groups is 1. The molecule has 2 heterocycles. The highest BCUT2D eigenvalue weighted by Gasteiger charge is 2.23. The zero-order chi connectivity index (χ0) is 18.0. The fourth-order valence-corrected chi connectivity index (χ4v) is 3.02. The molecule has 1 atom stereocenters. The number of pyridine rings is 1. The van der Waals surface area contributed by atoms with E-state index < -0.39 is 0 Å². The molecule has 6 nitrogen and oxygen atoms in total. The SMILES string of the molecule is CCNC(=NCCOc1cccnc1)NC1CCN(c2ccccc2)C1.I. The van der Waals surface area contributed by atoms with Gasteiger partial charge in [-0.1, -0.05) is 18.2 Å². The Morgan fingerprint density at radius 1 is 1.26 bits per heavy atom. The van der Waals surface area contributed by atoms with Crippen molar-refractivity contribution in [3.05, 3.63) is 54.9 Å². The second-order valence-electron chi connectivity index (χ2n) is 6.21. The maximum Gasteiger partial charge on any atom is 0.191 e. The highest BCUT2D eigenvalue weighted by molar-refractivity contribution is 14.0. The number of nitrogens with one attached hydrogen (secondary N) is 2. The first-order chi connectivity index (χ1) is 12.8. The lowest BCUT2D eigenvalue weighted by atomic mass is 10.3. The van der Waals surface area contributed by atoms with E-state index in [1.54, 1.807) is 12.4 Å². The van der Waals surface area contributed by atoms with Crippen LogP contribution in [0.4, 0.5) is 5.69 Å². The van der Waals surface area contributed by atoms with Gasteiger partial charge in [0.05, 0.1) is 12.7 Å². The lowest BCUT2D eigenvalue weighted by Gasteiger charge is -2.20. The fourth-order valence-electron chi connectivity index (χ4n) is 3.02. The van der Waals surface area contributed by atoms with Gasteiger partial charge in [0.1, 0.15) is 12.4 Å². The Balaban J connectivity index is 0.00000261. The molecule has 3 rings (SSSR count). The van der Waals surface area contributed by atoms with E-state index in [0.29, 0.717) is 19.2 Å². The van der Waals surface area contributed by atoms with Crippen molar-refractivity contribution in [1.29, 1.82) is 0 Å². The average molecular weight is 481 g/mol. The summed E-state index contributed by atoms with van der Waals surface area (Å²) in [4.78, 5) is 11.1. The van der Waals surface area contributed by atoms with Crippen molar-refractivity contribution in [1.82, 2.24) is 15.6 Å². The summed E-state index contributed by atoms with van der Waals surface area (Å²) in [6.45, 7) is 6.09. The largest absolute Gasteiger partial charge is 0.490 e. The molecule has 27 heavy (non-hydrogen) atoms. The molecule has 0 bridgehead atoms. The molecule has 1 saturated heterocycles. The molecule has 0 saturated carbocycles. The Labute approximate surface area is 178 Å². The lowest BCUT2D eigenvalue weighted by Crippen LogP contribution is -2.44. The Morgan fingerprint density at radius 2 is 2.11 bits per heavy atom. The van der Waals surface area contributed by atoms with E-state index in [1.807, 2.05) is 12.1 Å². The maximum absolute atomic E-state index is 5.65. The first-order valence-corrected chi connectivity index (χ1v) is 9.23. The topological polar surface area (TPSA) is 61.8 Å². The molecule has 1 aromatic heterocycles. The van der Waals surface area contributed by atoms with E-state index in [0.717, 1.165) is 37.8 Å². The molecule has 7 heteroatoms. The van der Waals surface area contributed by atoms with Crippen molar-refractivity contribution < 1.29 is 4.74 Å². The number of rotatable bonds is 7. The zero-order valence-corrected chi connectivity index (χ0v) is 18.0. The summed E-state index contributed by atoms with van der Waals surface area (Å²) < 4.78 is 5.65. The van der Waals surface area contributed by atoms with Gasteiger partial charge in [0.2, 0.25) is 0 Å². The van der Waals surface area contributed by atoms with E-state index in [-0.39, 0.29) is 24.0 Å². The number of aliphatic imine (C=N–C) groups is 1. The Kier molecular flexibility index (Phi) is 9.17. The Hall–Kier alpha value is -2.03. The highest BCUT2D eigenvalue weighted by atomic mass is 127. The first-order valence-electron chi connectivity index (χ1n) is 9.23. The second-order valence-corrected chi connectivity index (χ2v) is 6.21. The third-order valence-corrected chi connectivity index (χ3v) is 4.26. The van der Waals surface area contributed by atoms with Gasteiger partial charge in [0, 0.05) is 37.6 Å². The van der Waals surface area contributed by atoms with Crippen LogP contribution < -0.4 is 20.3 Å². The van der Waals surface area contributed by atoms with Crippen LogP contribution in [-0.2, 0) is 0 Å². The lowest BCUT2D eigenvalue weighted by molar-refractivity contribution is 0.327. The normalized spacial score (nSPS) is 16.6. The average Bonchev–Trinajstić information content (AvgIpc) is 3.15. The molecule has 2 aromatic rings. The van der Waals surface area contributed by atoms with Crippen LogP contribution in [0.5, 0.6) is 5.75 Å². The smallest absolute Gasteiger partial charge is 0.191 e. The maximum atomic E-state index is 5.65. The van der Waals surface area contributed by atoms with Crippen molar-refractivity contribution in [2.75, 3.05) is 37.7 Å². The molecule has 0 radical (unpaired) electrons. The number of benzene rings is 1. The molecule has 1 aromatic carbocycles. The van der Waals surface area contributed by atoms with Crippen molar-refractivity contribution in [2.24, 2.45) is 4.99 Å². The van der Waals surface area contributed by atoms with Gasteiger partial charge in [0.15, 0.2) is 5.96 Å². The van der Waals surface area contributed by atoms with Crippen molar-refractivity contribution in [3.8, 4) is 5.75 Å². The summed E-state index contributed by atoms with van der Waals surface area (Å²) in [5.74, 6) is 1.62. The number of hydrogen-bond donors (Lipinski definition) is 2. The van der Waals surface area contributed by atoms with Crippen LogP contribution in [-0.4, -0.2) is 49.8 Å². The van der Waals surface area contributed by atoms with E-state index in [4.69, 9.17) is 4.74 Å². The number of aromatic nitrogens is 1. The van der Waals surface area contributed by atoms with Gasteiger partial charge in [-0.05, 0) is 37.6 Å². The second kappa shape index (κ2) is 11.6. The Morgan fingerprint density at radius 3 is 2.85 bits per heavy atom. The predicted octanol–water partition coefficient (Wildman–Crippen LogP) is 2.91. The molecular formula is C20H28IN5O. The third-order valence-electron chi connectivity index (χ3n) is 4.26. The number of hydrogen-bond acceptors (Lipinski definition) is 4. The fraction of sp³-hybridized carbons (Fsp3) is 0.400. The number of para-hydroxylation sites is 1. The highest BCUT2D eigenvalue weighted by Crippen LogP contribution is 2.19. The van der Waals surface area contributed by atoms with Crippen LogP contribution >= 0.6 is 24.0 Å². The molecule has 1 aliphatic heterocycles. The van der Waals surface area contributed by atoms with Crippen molar-refractivity contribution >= 4 is 35.6 Å². The van der Waals surface area contributed by atoms with Gasteiger partial charge in [-0.3, -0.25) is 4.98 Å². The molecule has 1 aliphatic rings. The summed E-state index contributed by atoms with van der Waals surface area (Å²) in [6, 6.07) is 14.7. The van der Waals surface area contributed by atoms with E-state index >= 15 is 0 Å². The summed E-state index contributed by atoms with van der Waals surface area (Å²) in [5.41, 5.74) is 1.28. The van der Waals surface area contributed by atoms with Gasteiger partial charge in [-0.25, -0.2) is 4.99 Å². The molecule has 0 spiro atoms. The number of halogens is 1. The first kappa shape index (κ1) is 21.3. The molecule has 1 unspecified atom stereocenters. The standard InChI is InChI=1S/C20H27N5O.HI/c1-2-22-20(23-12-14-26-19-9-6-11-21-15-19)24-17-10-13-25(16-17)18-7-4-3-5-8-18;/h3-9,11,15,17H,2,10,12-14,16H2,1H3,(H2,22,23,24);1H. The van der Waals surface area contributed by atoms with Crippen LogP contribution in [0.3, 0.4) is 0 Å². The minimum atomic E-state index is 0. The summed E-state index contributed by atoms with van der Waals surface area (Å²) in [5, 5.41) is 6.86. The third kappa shape index (κ3) is 6.89. The van der Waals surface area contributed by atoms with Crippen molar-refractivity contribution in [3.63, 3.8) is 0 Å². The molecule has 0 aliphatic carbocycles. The van der Waals surface area contributed by atoms with Crippen LogP contribution in [0.2, 0.25) is 0 Å². The predicted molar refractivity (Wildman–Crippen MR) is 121 cm³/mol.